The fourth-order valence-electron chi connectivity index (χ4n) is 2.89. The van der Waals surface area contributed by atoms with Gasteiger partial charge in [-0.1, -0.05) is 20.8 Å². The Morgan fingerprint density at radius 1 is 1.39 bits per heavy atom. The van der Waals surface area contributed by atoms with Gasteiger partial charge in [0.2, 0.25) is 5.91 Å². The van der Waals surface area contributed by atoms with Crippen molar-refractivity contribution in [3.8, 4) is 0 Å². The number of amides is 1. The number of carbonyl (C=O) groups is 1. The minimum absolute atomic E-state index is 0.153. The SMILES string of the molecule is CC(=O)N1CC(CC(C)(C)C)CC(NCCO)C1. The molecule has 4 nitrogen and oxygen atoms in total. The van der Waals surface area contributed by atoms with Crippen LogP contribution in [0.5, 0.6) is 0 Å². The summed E-state index contributed by atoms with van der Waals surface area (Å²) in [6, 6.07) is 0.321. The molecule has 2 unspecified atom stereocenters. The minimum atomic E-state index is 0.153. The molecule has 1 saturated heterocycles. The highest BCUT2D eigenvalue weighted by Gasteiger charge is 2.30. The molecule has 1 heterocycles. The van der Waals surface area contributed by atoms with Gasteiger partial charge in [0.05, 0.1) is 6.61 Å². The molecule has 2 atom stereocenters. The number of carbonyl (C=O) groups excluding carboxylic acids is 1. The average molecular weight is 256 g/mol. The van der Waals surface area contributed by atoms with Crippen molar-refractivity contribution in [1.29, 1.82) is 0 Å². The van der Waals surface area contributed by atoms with Crippen LogP contribution in [0.2, 0.25) is 0 Å². The lowest BCUT2D eigenvalue weighted by molar-refractivity contribution is -0.131. The monoisotopic (exact) mass is 256 g/mol. The van der Waals surface area contributed by atoms with Crippen molar-refractivity contribution >= 4 is 5.91 Å². The van der Waals surface area contributed by atoms with Crippen molar-refractivity contribution in [2.24, 2.45) is 11.3 Å². The van der Waals surface area contributed by atoms with Crippen LogP contribution in [0, 0.1) is 11.3 Å². The maximum absolute atomic E-state index is 11.6. The van der Waals surface area contributed by atoms with E-state index >= 15 is 0 Å². The van der Waals surface area contributed by atoms with Gasteiger partial charge in [0, 0.05) is 32.6 Å². The molecule has 0 aromatic rings. The van der Waals surface area contributed by atoms with Crippen molar-refractivity contribution in [2.75, 3.05) is 26.2 Å². The first-order valence-electron chi connectivity index (χ1n) is 6.91. The maximum atomic E-state index is 11.6. The Kier molecular flexibility index (Phi) is 5.60. The van der Waals surface area contributed by atoms with Crippen LogP contribution in [0.1, 0.15) is 40.5 Å². The molecular formula is C14H28N2O2. The van der Waals surface area contributed by atoms with E-state index in [1.165, 1.54) is 0 Å². The van der Waals surface area contributed by atoms with Crippen molar-refractivity contribution in [3.05, 3.63) is 0 Å². The van der Waals surface area contributed by atoms with Gasteiger partial charge in [-0.05, 0) is 24.2 Å². The number of nitrogens with zero attached hydrogens (tertiary/aromatic N) is 1. The first-order valence-corrected chi connectivity index (χ1v) is 6.91. The third-order valence-electron chi connectivity index (χ3n) is 3.43. The smallest absolute Gasteiger partial charge is 0.219 e. The summed E-state index contributed by atoms with van der Waals surface area (Å²) in [6.45, 7) is 10.8. The first kappa shape index (κ1) is 15.4. The van der Waals surface area contributed by atoms with Gasteiger partial charge in [0.1, 0.15) is 0 Å². The zero-order chi connectivity index (χ0) is 13.8. The van der Waals surface area contributed by atoms with Crippen LogP contribution in [0.3, 0.4) is 0 Å². The molecule has 4 heteroatoms. The van der Waals surface area contributed by atoms with Crippen LogP contribution in [-0.2, 0) is 4.79 Å². The Balaban J connectivity index is 2.59. The Bertz CT molecular complexity index is 273. The molecule has 1 aliphatic heterocycles. The summed E-state index contributed by atoms with van der Waals surface area (Å²) in [6.07, 6.45) is 2.23. The van der Waals surface area contributed by atoms with Gasteiger partial charge in [-0.25, -0.2) is 0 Å². The number of piperidine rings is 1. The van der Waals surface area contributed by atoms with Gasteiger partial charge in [-0.2, -0.15) is 0 Å². The van der Waals surface area contributed by atoms with Gasteiger partial charge in [0.25, 0.3) is 0 Å². The summed E-state index contributed by atoms with van der Waals surface area (Å²) in [7, 11) is 0. The molecule has 106 valence electrons. The average Bonchev–Trinajstić information content (AvgIpc) is 2.23. The predicted molar refractivity (Wildman–Crippen MR) is 73.3 cm³/mol. The molecular weight excluding hydrogens is 228 g/mol. The molecule has 1 amide bonds. The highest BCUT2D eigenvalue weighted by molar-refractivity contribution is 5.73. The molecule has 1 fully saturated rings. The predicted octanol–water partition coefficient (Wildman–Crippen LogP) is 1.24. The Morgan fingerprint density at radius 3 is 2.56 bits per heavy atom. The summed E-state index contributed by atoms with van der Waals surface area (Å²) >= 11 is 0. The Labute approximate surface area is 111 Å². The standard InChI is InChI=1S/C14H28N2O2/c1-11(18)16-9-12(8-14(2,3)4)7-13(10-16)15-5-6-17/h12-13,15,17H,5-10H2,1-4H3. The number of hydrogen-bond acceptors (Lipinski definition) is 3. The van der Waals surface area contributed by atoms with Crippen LogP contribution >= 0.6 is 0 Å². The van der Waals surface area contributed by atoms with Gasteiger partial charge in [-0.3, -0.25) is 4.79 Å². The van der Waals surface area contributed by atoms with Gasteiger partial charge >= 0.3 is 0 Å². The topological polar surface area (TPSA) is 52.6 Å². The second kappa shape index (κ2) is 6.53. The lowest BCUT2D eigenvalue weighted by Crippen LogP contribution is -2.51. The quantitative estimate of drug-likeness (QED) is 0.796. The molecule has 1 aliphatic rings. The third kappa shape index (κ3) is 5.36. The fourth-order valence-corrected chi connectivity index (χ4v) is 2.89. The van der Waals surface area contributed by atoms with E-state index in [4.69, 9.17) is 5.11 Å². The van der Waals surface area contributed by atoms with Gasteiger partial charge < -0.3 is 15.3 Å². The summed E-state index contributed by atoms with van der Waals surface area (Å²) in [5, 5.41) is 12.2. The zero-order valence-electron chi connectivity index (χ0n) is 12.2. The normalized spacial score (nSPS) is 25.3. The molecule has 2 N–H and O–H groups in total. The van der Waals surface area contributed by atoms with E-state index in [-0.39, 0.29) is 12.5 Å². The molecule has 0 aromatic heterocycles. The van der Waals surface area contributed by atoms with Crippen molar-refractivity contribution < 1.29 is 9.90 Å². The molecule has 0 aliphatic carbocycles. The van der Waals surface area contributed by atoms with E-state index in [0.29, 0.717) is 23.9 Å². The van der Waals surface area contributed by atoms with Crippen molar-refractivity contribution in [2.45, 2.75) is 46.6 Å². The van der Waals surface area contributed by atoms with Gasteiger partial charge in [0.15, 0.2) is 0 Å². The number of rotatable bonds is 4. The molecule has 0 radical (unpaired) electrons. The highest BCUT2D eigenvalue weighted by atomic mass is 16.3. The van der Waals surface area contributed by atoms with E-state index in [2.05, 4.69) is 26.1 Å². The number of hydrogen-bond donors (Lipinski definition) is 2. The first-order chi connectivity index (χ1) is 8.31. The maximum Gasteiger partial charge on any atom is 0.219 e. The van der Waals surface area contributed by atoms with Crippen LogP contribution < -0.4 is 5.32 Å². The second-order valence-corrected chi connectivity index (χ2v) is 6.67. The van der Waals surface area contributed by atoms with E-state index in [0.717, 1.165) is 25.9 Å². The second-order valence-electron chi connectivity index (χ2n) is 6.67. The van der Waals surface area contributed by atoms with Gasteiger partial charge in [-0.15, -0.1) is 0 Å². The lowest BCUT2D eigenvalue weighted by Gasteiger charge is -2.40. The van der Waals surface area contributed by atoms with Crippen LogP contribution in [-0.4, -0.2) is 48.2 Å². The largest absolute Gasteiger partial charge is 0.395 e. The Morgan fingerprint density at radius 2 is 2.06 bits per heavy atom. The minimum Gasteiger partial charge on any atom is -0.395 e. The molecule has 1 rings (SSSR count). The number of aliphatic hydroxyl groups excluding tert-OH is 1. The number of likely N-dealkylation sites (tertiary alicyclic amines) is 1. The van der Waals surface area contributed by atoms with E-state index in [1.807, 2.05) is 4.90 Å². The number of aliphatic hydroxyl groups is 1. The van der Waals surface area contributed by atoms with Crippen LogP contribution in [0.4, 0.5) is 0 Å². The molecule has 0 saturated carbocycles. The number of nitrogens with one attached hydrogen (secondary N) is 1. The molecule has 0 spiro atoms. The van der Waals surface area contributed by atoms with Crippen LogP contribution in [0.15, 0.2) is 0 Å². The summed E-state index contributed by atoms with van der Waals surface area (Å²) in [4.78, 5) is 13.5. The summed E-state index contributed by atoms with van der Waals surface area (Å²) in [5.41, 5.74) is 0.298. The third-order valence-corrected chi connectivity index (χ3v) is 3.43. The molecule has 0 aromatic carbocycles. The van der Waals surface area contributed by atoms with E-state index in [1.54, 1.807) is 6.92 Å². The fraction of sp³-hybridized carbons (Fsp3) is 0.929. The molecule has 0 bridgehead atoms. The zero-order valence-corrected chi connectivity index (χ0v) is 12.2. The summed E-state index contributed by atoms with van der Waals surface area (Å²) < 4.78 is 0. The highest BCUT2D eigenvalue weighted by Crippen LogP contribution is 2.30. The Hall–Kier alpha value is -0.610. The summed E-state index contributed by atoms with van der Waals surface area (Å²) in [5.74, 6) is 0.711. The van der Waals surface area contributed by atoms with Crippen molar-refractivity contribution in [1.82, 2.24) is 10.2 Å². The van der Waals surface area contributed by atoms with E-state index < -0.39 is 0 Å². The van der Waals surface area contributed by atoms with Crippen molar-refractivity contribution in [3.63, 3.8) is 0 Å². The van der Waals surface area contributed by atoms with E-state index in [9.17, 15) is 4.79 Å². The van der Waals surface area contributed by atoms with Crippen LogP contribution in [0.25, 0.3) is 0 Å². The molecule has 18 heavy (non-hydrogen) atoms. The lowest BCUT2D eigenvalue weighted by atomic mass is 9.80.